The molecule has 0 aliphatic heterocycles. The first-order valence-corrected chi connectivity index (χ1v) is 4.10. The first-order valence-electron chi connectivity index (χ1n) is 4.10. The SMILES string of the molecule is O=c1cc(-c2cccc([N+](=O)[O-])c2)[nH]o1. The van der Waals surface area contributed by atoms with Crippen LogP contribution in [0, 0.1) is 10.1 Å². The Kier molecular flexibility index (Phi) is 2.09. The molecule has 0 saturated heterocycles. The van der Waals surface area contributed by atoms with Crippen LogP contribution in [0.25, 0.3) is 11.3 Å². The van der Waals surface area contributed by atoms with Crippen LogP contribution in [0.5, 0.6) is 0 Å². The molecule has 0 bridgehead atoms. The Morgan fingerprint density at radius 1 is 1.33 bits per heavy atom. The van der Waals surface area contributed by atoms with Gasteiger partial charge in [0, 0.05) is 17.7 Å². The van der Waals surface area contributed by atoms with Crippen molar-refractivity contribution >= 4 is 5.69 Å². The minimum absolute atomic E-state index is 0.0328. The van der Waals surface area contributed by atoms with Crippen LogP contribution in [0.4, 0.5) is 5.69 Å². The number of rotatable bonds is 2. The van der Waals surface area contributed by atoms with Gasteiger partial charge in [-0.1, -0.05) is 12.1 Å². The zero-order valence-corrected chi connectivity index (χ0v) is 7.47. The van der Waals surface area contributed by atoms with E-state index in [1.165, 1.54) is 18.2 Å². The lowest BCUT2D eigenvalue weighted by Gasteiger charge is -1.95. The summed E-state index contributed by atoms with van der Waals surface area (Å²) in [5.41, 5.74) is 0.407. The predicted octanol–water partition coefficient (Wildman–Crippen LogP) is 1.54. The third-order valence-corrected chi connectivity index (χ3v) is 1.89. The van der Waals surface area contributed by atoms with Crippen molar-refractivity contribution in [2.24, 2.45) is 0 Å². The lowest BCUT2D eigenvalue weighted by atomic mass is 10.1. The van der Waals surface area contributed by atoms with Gasteiger partial charge >= 0.3 is 5.63 Å². The maximum atomic E-state index is 10.8. The molecule has 6 nitrogen and oxygen atoms in total. The lowest BCUT2D eigenvalue weighted by molar-refractivity contribution is -0.384. The summed E-state index contributed by atoms with van der Waals surface area (Å²) >= 11 is 0. The second-order valence-electron chi connectivity index (χ2n) is 2.89. The Hall–Kier alpha value is -2.37. The number of aromatic nitrogens is 1. The van der Waals surface area contributed by atoms with Gasteiger partial charge in [-0.25, -0.2) is 9.95 Å². The predicted molar refractivity (Wildman–Crippen MR) is 51.4 cm³/mol. The molecule has 15 heavy (non-hydrogen) atoms. The molecule has 0 saturated carbocycles. The number of nitrogens with one attached hydrogen (secondary N) is 1. The number of benzene rings is 1. The molecule has 0 radical (unpaired) electrons. The molecule has 2 rings (SSSR count). The fraction of sp³-hybridized carbons (Fsp3) is 0. The molecule has 1 heterocycles. The summed E-state index contributed by atoms with van der Waals surface area (Å²) in [6.45, 7) is 0. The van der Waals surface area contributed by atoms with E-state index in [0.29, 0.717) is 11.3 Å². The zero-order valence-electron chi connectivity index (χ0n) is 7.47. The number of nitro groups is 1. The molecule has 0 atom stereocenters. The maximum Gasteiger partial charge on any atom is 0.357 e. The Morgan fingerprint density at radius 2 is 2.13 bits per heavy atom. The first-order chi connectivity index (χ1) is 7.16. The van der Waals surface area contributed by atoms with E-state index >= 15 is 0 Å². The van der Waals surface area contributed by atoms with Gasteiger partial charge < -0.3 is 4.52 Å². The van der Waals surface area contributed by atoms with Gasteiger partial charge in [0.25, 0.3) is 5.69 Å². The van der Waals surface area contributed by atoms with Crippen LogP contribution in [-0.4, -0.2) is 10.1 Å². The van der Waals surface area contributed by atoms with Crippen LogP contribution in [0.1, 0.15) is 0 Å². The molecule has 0 fully saturated rings. The van der Waals surface area contributed by atoms with Crippen molar-refractivity contribution in [1.29, 1.82) is 0 Å². The smallest absolute Gasteiger partial charge is 0.339 e. The minimum Gasteiger partial charge on any atom is -0.339 e. The highest BCUT2D eigenvalue weighted by atomic mass is 16.6. The highest BCUT2D eigenvalue weighted by Gasteiger charge is 2.08. The first kappa shape index (κ1) is 9.20. The van der Waals surface area contributed by atoms with E-state index in [0.717, 1.165) is 0 Å². The number of hydrogen-bond donors (Lipinski definition) is 1. The Balaban J connectivity index is 2.49. The van der Waals surface area contributed by atoms with Gasteiger partial charge in [-0.15, -0.1) is 0 Å². The molecule has 1 aromatic carbocycles. The number of hydrogen-bond acceptors (Lipinski definition) is 4. The van der Waals surface area contributed by atoms with Gasteiger partial charge in [-0.3, -0.25) is 10.1 Å². The van der Waals surface area contributed by atoms with Crippen LogP contribution in [0.3, 0.4) is 0 Å². The molecule has 76 valence electrons. The molecule has 0 aliphatic carbocycles. The fourth-order valence-corrected chi connectivity index (χ4v) is 1.21. The lowest BCUT2D eigenvalue weighted by Crippen LogP contribution is -1.88. The van der Waals surface area contributed by atoms with Crippen molar-refractivity contribution in [2.75, 3.05) is 0 Å². The largest absolute Gasteiger partial charge is 0.357 e. The van der Waals surface area contributed by atoms with Crippen molar-refractivity contribution in [3.8, 4) is 11.3 Å². The Labute approximate surface area is 83.3 Å². The summed E-state index contributed by atoms with van der Waals surface area (Å²) in [7, 11) is 0. The Morgan fingerprint density at radius 3 is 2.73 bits per heavy atom. The van der Waals surface area contributed by atoms with E-state index in [-0.39, 0.29) is 5.69 Å². The van der Waals surface area contributed by atoms with Crippen LogP contribution in [0.15, 0.2) is 39.6 Å². The second kappa shape index (κ2) is 3.41. The molecule has 1 aromatic heterocycles. The molecule has 0 aliphatic rings. The standard InChI is InChI=1S/C9H6N2O4/c12-9-5-8(10-15-9)6-2-1-3-7(4-6)11(13)14/h1-5,10H. The number of H-pyrrole nitrogens is 1. The van der Waals surface area contributed by atoms with Gasteiger partial charge in [0.05, 0.1) is 16.7 Å². The number of nitrogens with zero attached hydrogens (tertiary/aromatic N) is 1. The highest BCUT2D eigenvalue weighted by molar-refractivity contribution is 5.61. The molecule has 1 N–H and O–H groups in total. The fourth-order valence-electron chi connectivity index (χ4n) is 1.21. The quantitative estimate of drug-likeness (QED) is 0.596. The average molecular weight is 206 g/mol. The Bertz CT molecular complexity index is 555. The molecule has 6 heteroatoms. The van der Waals surface area contributed by atoms with E-state index in [4.69, 9.17) is 0 Å². The van der Waals surface area contributed by atoms with Crippen LogP contribution < -0.4 is 5.63 Å². The van der Waals surface area contributed by atoms with Crippen molar-refractivity contribution in [1.82, 2.24) is 5.16 Å². The van der Waals surface area contributed by atoms with Gasteiger partial charge in [-0.2, -0.15) is 0 Å². The minimum atomic E-state index is -0.517. The van der Waals surface area contributed by atoms with E-state index in [2.05, 4.69) is 9.68 Å². The summed E-state index contributed by atoms with van der Waals surface area (Å²) in [5.74, 6) is 0. The number of aromatic amines is 1. The van der Waals surface area contributed by atoms with Crippen molar-refractivity contribution in [3.63, 3.8) is 0 Å². The van der Waals surface area contributed by atoms with Gasteiger partial charge in [0.2, 0.25) is 0 Å². The molecule has 0 amide bonds. The topological polar surface area (TPSA) is 89.1 Å². The van der Waals surface area contributed by atoms with Crippen LogP contribution in [0.2, 0.25) is 0 Å². The maximum absolute atomic E-state index is 10.8. The van der Waals surface area contributed by atoms with E-state index in [1.807, 2.05) is 0 Å². The zero-order chi connectivity index (χ0) is 10.8. The monoisotopic (exact) mass is 206 g/mol. The van der Waals surface area contributed by atoms with E-state index < -0.39 is 10.5 Å². The number of nitro benzene ring substituents is 1. The van der Waals surface area contributed by atoms with Crippen molar-refractivity contribution in [2.45, 2.75) is 0 Å². The molecular formula is C9H6N2O4. The summed E-state index contributed by atoms with van der Waals surface area (Å²) in [4.78, 5) is 20.8. The van der Waals surface area contributed by atoms with Crippen molar-refractivity contribution in [3.05, 3.63) is 50.9 Å². The van der Waals surface area contributed by atoms with Gasteiger partial charge in [-0.05, 0) is 0 Å². The molecular weight excluding hydrogens is 200 g/mol. The van der Waals surface area contributed by atoms with Crippen LogP contribution in [-0.2, 0) is 0 Å². The van der Waals surface area contributed by atoms with Crippen molar-refractivity contribution < 1.29 is 9.45 Å². The summed E-state index contributed by atoms with van der Waals surface area (Å²) in [6, 6.07) is 7.16. The number of non-ortho nitro benzene ring substituents is 1. The van der Waals surface area contributed by atoms with E-state index in [1.54, 1.807) is 12.1 Å². The molecule has 0 spiro atoms. The third-order valence-electron chi connectivity index (χ3n) is 1.89. The van der Waals surface area contributed by atoms with Gasteiger partial charge in [0.15, 0.2) is 0 Å². The third kappa shape index (κ3) is 1.78. The second-order valence-corrected chi connectivity index (χ2v) is 2.89. The molecule has 0 unspecified atom stereocenters. The van der Waals surface area contributed by atoms with E-state index in [9.17, 15) is 14.9 Å². The normalized spacial score (nSPS) is 10.1. The highest BCUT2D eigenvalue weighted by Crippen LogP contribution is 2.20. The average Bonchev–Trinajstić information content (AvgIpc) is 2.65. The van der Waals surface area contributed by atoms with Crippen LogP contribution >= 0.6 is 0 Å². The summed E-state index contributed by atoms with van der Waals surface area (Å²) in [5, 5.41) is 12.9. The van der Waals surface area contributed by atoms with Gasteiger partial charge in [0.1, 0.15) is 0 Å². The summed E-state index contributed by atoms with van der Waals surface area (Å²) < 4.78 is 4.47. The summed E-state index contributed by atoms with van der Waals surface area (Å²) in [6.07, 6.45) is 0. The molecule has 2 aromatic rings.